The number of benzene rings is 2. The van der Waals surface area contributed by atoms with Gasteiger partial charge in [-0.3, -0.25) is 4.79 Å². The summed E-state index contributed by atoms with van der Waals surface area (Å²) >= 11 is 0. The van der Waals surface area contributed by atoms with Crippen LogP contribution in [0, 0.1) is 12.8 Å². The quantitative estimate of drug-likeness (QED) is 0.362. The molecule has 2 rings (SSSR count). The third kappa shape index (κ3) is 6.24. The van der Waals surface area contributed by atoms with E-state index < -0.39 is 0 Å². The zero-order valence-electron chi connectivity index (χ0n) is 16.9. The summed E-state index contributed by atoms with van der Waals surface area (Å²) in [4.78, 5) is 17.0. The third-order valence-electron chi connectivity index (χ3n) is 4.59. The molecule has 2 aromatic rings. The summed E-state index contributed by atoms with van der Waals surface area (Å²) in [5, 5.41) is 2.95. The molecule has 4 heteroatoms. The number of nitrogens with one attached hydrogen (secondary N) is 1. The number of carbonyl (C=O) groups excluding carboxylic acids is 1. The van der Waals surface area contributed by atoms with Crippen LogP contribution in [0.1, 0.15) is 61.5 Å². The Morgan fingerprint density at radius 1 is 1.11 bits per heavy atom. The van der Waals surface area contributed by atoms with Crippen LogP contribution in [0.3, 0.4) is 0 Å². The molecule has 0 saturated carbocycles. The van der Waals surface area contributed by atoms with Gasteiger partial charge in [0.15, 0.2) is 0 Å². The van der Waals surface area contributed by atoms with Gasteiger partial charge in [0, 0.05) is 17.2 Å². The molecule has 0 bridgehead atoms. The zero-order valence-corrected chi connectivity index (χ0v) is 16.9. The van der Waals surface area contributed by atoms with E-state index in [2.05, 4.69) is 17.2 Å². The van der Waals surface area contributed by atoms with Crippen LogP contribution >= 0.6 is 0 Å². The van der Waals surface area contributed by atoms with Crippen molar-refractivity contribution in [2.75, 3.05) is 5.32 Å². The Kier molecular flexibility index (Phi) is 7.59. The Morgan fingerprint density at radius 3 is 2.44 bits per heavy atom. The predicted molar refractivity (Wildman–Crippen MR) is 115 cm³/mol. The molecule has 0 aliphatic carbocycles. The minimum Gasteiger partial charge on any atom is -0.387 e. The number of nitrogens with two attached hydrogens (primary N) is 1. The highest BCUT2D eigenvalue weighted by Crippen LogP contribution is 2.24. The number of aliphatic imine (C=N–C) groups is 1. The molecule has 1 amide bonds. The van der Waals surface area contributed by atoms with Gasteiger partial charge in [-0.1, -0.05) is 51.8 Å². The van der Waals surface area contributed by atoms with Crippen molar-refractivity contribution in [2.45, 2.75) is 53.4 Å². The standard InChI is InChI=1S/C23H31N3O/c1-5-6-7-8-18-10-12-19(13-11-18)23(27)25-20-14-9-17(4)21(15-20)26-22(24)16(2)3/h9-16H,5-8H2,1-4H3,(H2,24,26)(H,25,27). The number of rotatable bonds is 8. The van der Waals surface area contributed by atoms with Crippen molar-refractivity contribution >= 4 is 23.1 Å². The van der Waals surface area contributed by atoms with Gasteiger partial charge in [0.25, 0.3) is 5.91 Å². The summed E-state index contributed by atoms with van der Waals surface area (Å²) in [6.07, 6.45) is 4.70. The lowest BCUT2D eigenvalue weighted by atomic mass is 10.0. The average molecular weight is 366 g/mol. The Balaban J connectivity index is 2.08. The highest BCUT2D eigenvalue weighted by atomic mass is 16.1. The molecule has 0 unspecified atom stereocenters. The summed E-state index contributed by atoms with van der Waals surface area (Å²) in [5.41, 5.74) is 10.4. The van der Waals surface area contributed by atoms with Gasteiger partial charge in [-0.15, -0.1) is 0 Å². The molecule has 0 atom stereocenters. The Bertz CT molecular complexity index is 792. The second kappa shape index (κ2) is 9.91. The van der Waals surface area contributed by atoms with Gasteiger partial charge in [0.2, 0.25) is 0 Å². The number of hydrogen-bond donors (Lipinski definition) is 2. The molecule has 144 valence electrons. The fourth-order valence-corrected chi connectivity index (χ4v) is 2.68. The van der Waals surface area contributed by atoms with E-state index in [0.717, 1.165) is 17.7 Å². The number of amidine groups is 1. The molecular weight excluding hydrogens is 334 g/mol. The number of aryl methyl sites for hydroxylation is 2. The molecule has 2 aromatic carbocycles. The summed E-state index contributed by atoms with van der Waals surface area (Å²) < 4.78 is 0. The summed E-state index contributed by atoms with van der Waals surface area (Å²) in [7, 11) is 0. The maximum Gasteiger partial charge on any atom is 0.255 e. The smallest absolute Gasteiger partial charge is 0.255 e. The fraction of sp³-hybridized carbons (Fsp3) is 0.391. The lowest BCUT2D eigenvalue weighted by molar-refractivity contribution is 0.102. The first kappa shape index (κ1) is 20.7. The van der Waals surface area contributed by atoms with Crippen molar-refractivity contribution in [3.8, 4) is 0 Å². The van der Waals surface area contributed by atoms with E-state index in [0.29, 0.717) is 17.1 Å². The second-order valence-corrected chi connectivity index (χ2v) is 7.30. The van der Waals surface area contributed by atoms with Crippen molar-refractivity contribution in [2.24, 2.45) is 16.6 Å². The second-order valence-electron chi connectivity index (χ2n) is 7.30. The zero-order chi connectivity index (χ0) is 19.8. The van der Waals surface area contributed by atoms with E-state index in [1.807, 2.05) is 63.2 Å². The normalized spacial score (nSPS) is 11.7. The minimum atomic E-state index is -0.120. The number of hydrogen-bond acceptors (Lipinski definition) is 2. The number of amides is 1. The van der Waals surface area contributed by atoms with Crippen LogP contribution in [0.2, 0.25) is 0 Å². The highest BCUT2D eigenvalue weighted by Gasteiger charge is 2.08. The topological polar surface area (TPSA) is 67.5 Å². The van der Waals surface area contributed by atoms with Gasteiger partial charge in [0.05, 0.1) is 5.69 Å². The number of nitrogens with zero attached hydrogens (tertiary/aromatic N) is 1. The monoisotopic (exact) mass is 365 g/mol. The number of carbonyl (C=O) groups is 1. The van der Waals surface area contributed by atoms with E-state index in [9.17, 15) is 4.79 Å². The van der Waals surface area contributed by atoms with Crippen LogP contribution in [0.4, 0.5) is 11.4 Å². The van der Waals surface area contributed by atoms with Crippen LogP contribution in [0.5, 0.6) is 0 Å². The van der Waals surface area contributed by atoms with Crippen LogP contribution in [0.25, 0.3) is 0 Å². The molecular formula is C23H31N3O. The molecule has 0 spiro atoms. The van der Waals surface area contributed by atoms with Crippen molar-refractivity contribution in [1.29, 1.82) is 0 Å². The largest absolute Gasteiger partial charge is 0.387 e. The van der Waals surface area contributed by atoms with Crippen molar-refractivity contribution in [3.05, 3.63) is 59.2 Å². The van der Waals surface area contributed by atoms with E-state index in [1.165, 1.54) is 24.8 Å². The molecule has 0 heterocycles. The van der Waals surface area contributed by atoms with Gasteiger partial charge in [-0.05, 0) is 55.2 Å². The van der Waals surface area contributed by atoms with Crippen LogP contribution in [-0.4, -0.2) is 11.7 Å². The number of unbranched alkanes of at least 4 members (excludes halogenated alkanes) is 2. The molecule has 4 nitrogen and oxygen atoms in total. The molecule has 0 aliphatic heterocycles. The van der Waals surface area contributed by atoms with Gasteiger partial charge in [-0.2, -0.15) is 0 Å². The number of anilines is 1. The van der Waals surface area contributed by atoms with Crippen molar-refractivity contribution in [3.63, 3.8) is 0 Å². The van der Waals surface area contributed by atoms with Gasteiger partial charge in [0.1, 0.15) is 5.84 Å². The molecule has 0 aromatic heterocycles. The van der Waals surface area contributed by atoms with Crippen molar-refractivity contribution < 1.29 is 4.79 Å². The van der Waals surface area contributed by atoms with Gasteiger partial charge < -0.3 is 11.1 Å². The first-order chi connectivity index (χ1) is 12.9. The maximum atomic E-state index is 12.5. The Morgan fingerprint density at radius 2 is 1.81 bits per heavy atom. The average Bonchev–Trinajstić information content (AvgIpc) is 2.65. The van der Waals surface area contributed by atoms with Crippen molar-refractivity contribution in [1.82, 2.24) is 0 Å². The SMILES string of the molecule is CCCCCc1ccc(C(=O)Nc2ccc(C)c(N=C(N)C(C)C)c2)cc1. The summed E-state index contributed by atoms with van der Waals surface area (Å²) in [5.74, 6) is 0.643. The first-order valence-electron chi connectivity index (χ1n) is 9.75. The minimum absolute atomic E-state index is 0.120. The Hall–Kier alpha value is -2.62. The fourth-order valence-electron chi connectivity index (χ4n) is 2.68. The lowest BCUT2D eigenvalue weighted by Gasteiger charge is -2.10. The van der Waals surface area contributed by atoms with Crippen LogP contribution in [-0.2, 0) is 6.42 Å². The maximum absolute atomic E-state index is 12.5. The highest BCUT2D eigenvalue weighted by molar-refractivity contribution is 6.04. The van der Waals surface area contributed by atoms with E-state index in [4.69, 9.17) is 5.73 Å². The molecule has 0 radical (unpaired) electrons. The van der Waals surface area contributed by atoms with E-state index >= 15 is 0 Å². The molecule has 3 N–H and O–H groups in total. The third-order valence-corrected chi connectivity index (χ3v) is 4.59. The predicted octanol–water partition coefficient (Wildman–Crippen LogP) is 5.62. The first-order valence-corrected chi connectivity index (χ1v) is 9.75. The molecule has 0 fully saturated rings. The Labute approximate surface area is 162 Å². The van der Waals surface area contributed by atoms with E-state index in [-0.39, 0.29) is 11.8 Å². The molecule has 27 heavy (non-hydrogen) atoms. The lowest BCUT2D eigenvalue weighted by Crippen LogP contribution is -2.18. The van der Waals surface area contributed by atoms with Crippen LogP contribution < -0.4 is 11.1 Å². The van der Waals surface area contributed by atoms with Gasteiger partial charge >= 0.3 is 0 Å². The molecule has 0 saturated heterocycles. The molecule has 0 aliphatic rings. The van der Waals surface area contributed by atoms with Crippen LogP contribution in [0.15, 0.2) is 47.5 Å². The van der Waals surface area contributed by atoms with Gasteiger partial charge in [-0.25, -0.2) is 4.99 Å². The van der Waals surface area contributed by atoms with E-state index in [1.54, 1.807) is 0 Å². The summed E-state index contributed by atoms with van der Waals surface area (Å²) in [6, 6.07) is 13.6. The summed E-state index contributed by atoms with van der Waals surface area (Å²) in [6.45, 7) is 8.19.